The van der Waals surface area contributed by atoms with Crippen LogP contribution in [0.15, 0.2) is 89.3 Å². The van der Waals surface area contributed by atoms with E-state index in [0.717, 1.165) is 98.1 Å². The highest BCUT2D eigenvalue weighted by Gasteiger charge is 2.27. The Hall–Kier alpha value is -7.32. The monoisotopic (exact) mass is 594 g/mol. The van der Waals surface area contributed by atoms with Gasteiger partial charge in [-0.3, -0.25) is 0 Å². The van der Waals surface area contributed by atoms with Gasteiger partial charge in [0.05, 0.1) is 85.0 Å². The van der Waals surface area contributed by atoms with Crippen LogP contribution in [-0.4, -0.2) is 8.80 Å². The molecular weight excluding hydrogens is 580 g/mol. The number of fused-ring (bicyclic) bond motifs is 17. The summed E-state index contributed by atoms with van der Waals surface area (Å²) in [6, 6.07) is 36.5. The standard InChI is InChI=1S/C40H14N6O/c41-15-19-1-5-23-27-13-29-35-34(47-40(29)37-26-8-4-22(18-44)12-33(26)46(39(27)37)30(23)9-19)14-28-24-6-2-20(16-42)10-31(24)45-32-11-21(17-43)3-7-25(32)36(35)38(28)45/h1-14H. The number of hydrogen-bond acceptors (Lipinski definition) is 5. The van der Waals surface area contributed by atoms with E-state index in [1.165, 1.54) is 0 Å². The molecule has 0 radical (unpaired) electrons. The Morgan fingerprint density at radius 1 is 0.404 bits per heavy atom. The van der Waals surface area contributed by atoms with Gasteiger partial charge >= 0.3 is 0 Å². The van der Waals surface area contributed by atoms with Crippen LogP contribution in [0.2, 0.25) is 0 Å². The fourth-order valence-corrected chi connectivity index (χ4v) is 8.20. The van der Waals surface area contributed by atoms with Crippen LogP contribution in [0.25, 0.3) is 98.1 Å². The maximum absolute atomic E-state index is 9.83. The van der Waals surface area contributed by atoms with Gasteiger partial charge in [0.1, 0.15) is 11.2 Å². The Labute approximate surface area is 263 Å². The molecule has 0 spiro atoms. The highest BCUT2D eigenvalue weighted by Crippen LogP contribution is 2.50. The van der Waals surface area contributed by atoms with Gasteiger partial charge in [-0.1, -0.05) is 24.3 Å². The van der Waals surface area contributed by atoms with Crippen LogP contribution in [0.3, 0.4) is 0 Å². The molecular formula is C40H14N6O. The molecule has 0 atom stereocenters. The van der Waals surface area contributed by atoms with Gasteiger partial charge in [-0.05, 0) is 60.7 Å². The minimum absolute atomic E-state index is 0.556. The van der Waals surface area contributed by atoms with Crippen molar-refractivity contribution in [3.05, 3.63) is 107 Å². The molecule has 0 aliphatic heterocycles. The first-order valence-electron chi connectivity index (χ1n) is 15.0. The van der Waals surface area contributed by atoms with Gasteiger partial charge < -0.3 is 13.2 Å². The van der Waals surface area contributed by atoms with Gasteiger partial charge in [0.2, 0.25) is 0 Å². The lowest BCUT2D eigenvalue weighted by atomic mass is 9.98. The summed E-state index contributed by atoms with van der Waals surface area (Å²) in [7, 11) is 0. The Morgan fingerprint density at radius 3 is 1.34 bits per heavy atom. The van der Waals surface area contributed by atoms with E-state index in [0.29, 0.717) is 22.3 Å². The Balaban J connectivity index is 1.44. The van der Waals surface area contributed by atoms with Crippen LogP contribution < -0.4 is 0 Å². The molecule has 0 unspecified atom stereocenters. The number of furan rings is 1. The van der Waals surface area contributed by atoms with Gasteiger partial charge in [0.25, 0.3) is 0 Å². The molecule has 210 valence electrons. The molecule has 47 heavy (non-hydrogen) atoms. The van der Waals surface area contributed by atoms with Crippen molar-refractivity contribution >= 4 is 98.1 Å². The summed E-state index contributed by atoms with van der Waals surface area (Å²) in [4.78, 5) is 0. The quantitative estimate of drug-likeness (QED) is 0.173. The third kappa shape index (κ3) is 2.63. The Morgan fingerprint density at radius 2 is 0.830 bits per heavy atom. The zero-order valence-corrected chi connectivity index (χ0v) is 24.2. The van der Waals surface area contributed by atoms with Crippen LogP contribution in [0.5, 0.6) is 0 Å². The van der Waals surface area contributed by atoms with E-state index >= 15 is 0 Å². The van der Waals surface area contributed by atoms with Gasteiger partial charge in [0, 0.05) is 48.5 Å². The zero-order valence-electron chi connectivity index (χ0n) is 24.2. The summed E-state index contributed by atoms with van der Waals surface area (Å²) in [5.41, 5.74) is 9.36. The molecule has 11 rings (SSSR count). The Bertz CT molecular complexity index is 3450. The average Bonchev–Trinajstić information content (AvgIpc) is 3.90. The summed E-state index contributed by atoms with van der Waals surface area (Å²) < 4.78 is 11.3. The summed E-state index contributed by atoms with van der Waals surface area (Å²) in [5.74, 6) is 0. The molecule has 11 aromatic rings. The van der Waals surface area contributed by atoms with Crippen LogP contribution in [0.1, 0.15) is 22.3 Å². The van der Waals surface area contributed by atoms with Crippen molar-refractivity contribution in [1.29, 1.82) is 21.0 Å². The molecule has 5 heterocycles. The number of aromatic nitrogens is 2. The van der Waals surface area contributed by atoms with E-state index in [1.807, 2.05) is 72.8 Å². The highest BCUT2D eigenvalue weighted by molar-refractivity contribution is 6.39. The van der Waals surface area contributed by atoms with Gasteiger partial charge in [-0.25, -0.2) is 0 Å². The van der Waals surface area contributed by atoms with E-state index < -0.39 is 0 Å². The van der Waals surface area contributed by atoms with Crippen molar-refractivity contribution < 1.29 is 4.42 Å². The molecule has 0 saturated heterocycles. The molecule has 0 fully saturated rings. The molecule has 6 aromatic carbocycles. The van der Waals surface area contributed by atoms with Crippen LogP contribution in [0, 0.1) is 45.3 Å². The second-order valence-electron chi connectivity index (χ2n) is 12.2. The molecule has 0 aliphatic rings. The number of hydrogen-bond donors (Lipinski definition) is 0. The molecule has 0 bridgehead atoms. The fraction of sp³-hybridized carbons (Fsp3) is 0. The van der Waals surface area contributed by atoms with Crippen molar-refractivity contribution in [2.45, 2.75) is 0 Å². The maximum Gasteiger partial charge on any atom is 0.145 e. The topological polar surface area (TPSA) is 117 Å². The first-order chi connectivity index (χ1) is 23.1. The van der Waals surface area contributed by atoms with Crippen molar-refractivity contribution in [1.82, 2.24) is 8.80 Å². The SMILES string of the molecule is N#Cc1ccc2c3cc4c(oc5cc6c7ccc(C#N)cc7n7c8cc(C#N)ccc8c(c54)c67)c4c5ccc(C#N)cc5n(c2c1)c34. The number of nitrogens with zero attached hydrogens (tertiary/aromatic N) is 6. The minimum Gasteiger partial charge on any atom is -0.455 e. The molecule has 0 aliphatic carbocycles. The Kier molecular flexibility index (Phi) is 4.01. The molecule has 7 nitrogen and oxygen atoms in total. The van der Waals surface area contributed by atoms with Gasteiger partial charge in [0.15, 0.2) is 0 Å². The zero-order chi connectivity index (χ0) is 31.3. The first-order valence-corrected chi connectivity index (χ1v) is 15.0. The smallest absolute Gasteiger partial charge is 0.145 e. The molecule has 0 saturated carbocycles. The normalized spacial score (nSPS) is 12.2. The summed E-state index contributed by atoms with van der Waals surface area (Å²) in [6.07, 6.45) is 0. The lowest BCUT2D eigenvalue weighted by Crippen LogP contribution is -1.83. The molecule has 0 N–H and O–H groups in total. The number of nitriles is 4. The van der Waals surface area contributed by atoms with E-state index in [1.54, 1.807) is 0 Å². The lowest BCUT2D eigenvalue weighted by molar-refractivity contribution is 0.673. The van der Waals surface area contributed by atoms with Crippen molar-refractivity contribution in [2.24, 2.45) is 0 Å². The first kappa shape index (κ1) is 24.1. The van der Waals surface area contributed by atoms with Crippen molar-refractivity contribution in [3.8, 4) is 24.3 Å². The lowest BCUT2D eigenvalue weighted by Gasteiger charge is -2.00. The molecule has 0 amide bonds. The largest absolute Gasteiger partial charge is 0.455 e. The van der Waals surface area contributed by atoms with E-state index in [9.17, 15) is 21.0 Å². The van der Waals surface area contributed by atoms with Gasteiger partial charge in [-0.2, -0.15) is 21.0 Å². The van der Waals surface area contributed by atoms with Crippen LogP contribution >= 0.6 is 0 Å². The fourth-order valence-electron chi connectivity index (χ4n) is 8.20. The minimum atomic E-state index is 0.556. The van der Waals surface area contributed by atoms with Crippen molar-refractivity contribution in [2.75, 3.05) is 0 Å². The van der Waals surface area contributed by atoms with E-state index in [-0.39, 0.29) is 0 Å². The third-order valence-electron chi connectivity index (χ3n) is 10.0. The van der Waals surface area contributed by atoms with E-state index in [2.05, 4.69) is 45.2 Å². The maximum atomic E-state index is 9.83. The average molecular weight is 595 g/mol. The van der Waals surface area contributed by atoms with Crippen LogP contribution in [0.4, 0.5) is 0 Å². The second-order valence-corrected chi connectivity index (χ2v) is 12.2. The molecule has 7 heteroatoms. The highest BCUT2D eigenvalue weighted by atomic mass is 16.3. The van der Waals surface area contributed by atoms with Crippen molar-refractivity contribution in [3.63, 3.8) is 0 Å². The predicted octanol–water partition coefficient (Wildman–Crippen LogP) is 9.37. The second kappa shape index (κ2) is 7.84. The summed E-state index contributed by atoms with van der Waals surface area (Å²) in [6.45, 7) is 0. The molecule has 5 aromatic heterocycles. The summed E-state index contributed by atoms with van der Waals surface area (Å²) >= 11 is 0. The third-order valence-corrected chi connectivity index (χ3v) is 10.0. The van der Waals surface area contributed by atoms with Gasteiger partial charge in [-0.15, -0.1) is 0 Å². The van der Waals surface area contributed by atoms with Crippen LogP contribution in [-0.2, 0) is 0 Å². The predicted molar refractivity (Wildman–Crippen MR) is 182 cm³/mol. The number of rotatable bonds is 0. The number of benzene rings is 6. The summed E-state index contributed by atoms with van der Waals surface area (Å²) in [5, 5.41) is 49.1. The van der Waals surface area contributed by atoms with E-state index in [4.69, 9.17) is 4.42 Å².